The average Bonchev–Trinajstić information content (AvgIpc) is 2.53. The van der Waals surface area contributed by atoms with E-state index < -0.39 is 0 Å². The van der Waals surface area contributed by atoms with Crippen LogP contribution in [-0.2, 0) is 5.41 Å². The van der Waals surface area contributed by atoms with Crippen molar-refractivity contribution in [3.05, 3.63) is 35.4 Å². The van der Waals surface area contributed by atoms with Crippen molar-refractivity contribution in [3.8, 4) is 0 Å². The van der Waals surface area contributed by atoms with Crippen molar-refractivity contribution >= 4 is 0 Å². The lowest BCUT2D eigenvalue weighted by atomic mass is 9.84. The first-order valence-corrected chi connectivity index (χ1v) is 7.25. The Bertz CT molecular complexity index is 372. The number of aliphatic hydroxyl groups is 1. The van der Waals surface area contributed by atoms with E-state index in [9.17, 15) is 5.11 Å². The summed E-state index contributed by atoms with van der Waals surface area (Å²) in [5.74, 6) is 0.552. The van der Waals surface area contributed by atoms with E-state index in [1.54, 1.807) is 0 Å². The summed E-state index contributed by atoms with van der Waals surface area (Å²) < 4.78 is 0. The Morgan fingerprint density at radius 2 is 1.61 bits per heavy atom. The van der Waals surface area contributed by atoms with Gasteiger partial charge in [0.2, 0.25) is 0 Å². The molecular formula is C17H26O. The van der Waals surface area contributed by atoms with Crippen LogP contribution in [0.2, 0.25) is 0 Å². The lowest BCUT2D eigenvalue weighted by molar-refractivity contribution is 0.152. The molecule has 2 unspecified atom stereocenters. The third kappa shape index (κ3) is 3.35. The van der Waals surface area contributed by atoms with Crippen LogP contribution in [-0.4, -0.2) is 11.2 Å². The second kappa shape index (κ2) is 5.44. The molecule has 18 heavy (non-hydrogen) atoms. The normalized spacial score (nSPS) is 25.8. The molecule has 2 atom stereocenters. The van der Waals surface area contributed by atoms with E-state index in [0.29, 0.717) is 5.92 Å². The Kier molecular flexibility index (Phi) is 4.11. The van der Waals surface area contributed by atoms with Crippen LogP contribution in [0.25, 0.3) is 0 Å². The highest BCUT2D eigenvalue weighted by Crippen LogP contribution is 2.33. The van der Waals surface area contributed by atoms with Crippen molar-refractivity contribution in [2.75, 3.05) is 0 Å². The first kappa shape index (κ1) is 13.6. The third-order valence-electron chi connectivity index (χ3n) is 4.14. The third-order valence-corrected chi connectivity index (χ3v) is 4.14. The fourth-order valence-electron chi connectivity index (χ4n) is 2.89. The number of hydrogen-bond donors (Lipinski definition) is 1. The van der Waals surface area contributed by atoms with Crippen LogP contribution in [0.5, 0.6) is 0 Å². The lowest BCUT2D eigenvalue weighted by Crippen LogP contribution is -2.12. The molecule has 1 fully saturated rings. The van der Waals surface area contributed by atoms with E-state index in [1.165, 1.54) is 30.4 Å². The van der Waals surface area contributed by atoms with Gasteiger partial charge in [0.15, 0.2) is 0 Å². The van der Waals surface area contributed by atoms with Crippen molar-refractivity contribution in [1.29, 1.82) is 0 Å². The standard InChI is InChI=1S/C17H26O/c1-17(2,3)15-10-8-13(9-11-15)14-6-4-5-7-16(18)12-14/h8-11,14,16,18H,4-7,12H2,1-3H3. The molecule has 100 valence electrons. The maximum atomic E-state index is 9.90. The van der Waals surface area contributed by atoms with Crippen LogP contribution >= 0.6 is 0 Å². The molecule has 0 heterocycles. The molecule has 2 rings (SSSR count). The average molecular weight is 246 g/mol. The molecule has 1 aliphatic carbocycles. The Hall–Kier alpha value is -0.820. The molecule has 1 aromatic rings. The fourth-order valence-corrected chi connectivity index (χ4v) is 2.89. The zero-order valence-electron chi connectivity index (χ0n) is 11.9. The maximum absolute atomic E-state index is 9.90. The molecule has 0 aliphatic heterocycles. The predicted octanol–water partition coefficient (Wildman–Crippen LogP) is 4.39. The number of hydrogen-bond acceptors (Lipinski definition) is 1. The fraction of sp³-hybridized carbons (Fsp3) is 0.647. The number of rotatable bonds is 1. The minimum atomic E-state index is -0.0974. The van der Waals surface area contributed by atoms with E-state index in [1.807, 2.05) is 0 Å². The van der Waals surface area contributed by atoms with Crippen LogP contribution in [0.1, 0.15) is 69.9 Å². The zero-order valence-corrected chi connectivity index (χ0v) is 11.9. The van der Waals surface area contributed by atoms with Crippen molar-refractivity contribution in [2.45, 2.75) is 70.3 Å². The SMILES string of the molecule is CC(C)(C)c1ccc(C2CCCCC(O)C2)cc1. The van der Waals surface area contributed by atoms with Gasteiger partial charge in [-0.1, -0.05) is 57.9 Å². The van der Waals surface area contributed by atoms with Crippen molar-refractivity contribution in [1.82, 2.24) is 0 Å². The summed E-state index contributed by atoms with van der Waals surface area (Å²) in [5.41, 5.74) is 3.02. The highest BCUT2D eigenvalue weighted by molar-refractivity contribution is 5.29. The van der Waals surface area contributed by atoms with Gasteiger partial charge in [-0.05, 0) is 41.7 Å². The van der Waals surface area contributed by atoms with Gasteiger partial charge in [0.25, 0.3) is 0 Å². The van der Waals surface area contributed by atoms with E-state index in [2.05, 4.69) is 45.0 Å². The Morgan fingerprint density at radius 3 is 2.22 bits per heavy atom. The van der Waals surface area contributed by atoms with Gasteiger partial charge in [0.1, 0.15) is 0 Å². The largest absolute Gasteiger partial charge is 0.393 e. The van der Waals surface area contributed by atoms with Crippen LogP contribution in [0, 0.1) is 0 Å². The molecule has 0 spiro atoms. The van der Waals surface area contributed by atoms with E-state index >= 15 is 0 Å². The molecule has 0 radical (unpaired) electrons. The summed E-state index contributed by atoms with van der Waals surface area (Å²) in [4.78, 5) is 0. The van der Waals surface area contributed by atoms with Crippen LogP contribution < -0.4 is 0 Å². The van der Waals surface area contributed by atoms with Crippen LogP contribution in [0.15, 0.2) is 24.3 Å². The first-order chi connectivity index (χ1) is 8.47. The molecule has 1 nitrogen and oxygen atoms in total. The highest BCUT2D eigenvalue weighted by atomic mass is 16.3. The quantitative estimate of drug-likeness (QED) is 0.728. The summed E-state index contributed by atoms with van der Waals surface area (Å²) in [6, 6.07) is 9.05. The topological polar surface area (TPSA) is 20.2 Å². The monoisotopic (exact) mass is 246 g/mol. The molecule has 0 amide bonds. The number of benzene rings is 1. The Morgan fingerprint density at radius 1 is 1.00 bits per heavy atom. The van der Waals surface area contributed by atoms with Gasteiger partial charge < -0.3 is 5.11 Å². The second-order valence-electron chi connectivity index (χ2n) is 6.74. The molecule has 1 aromatic carbocycles. The summed E-state index contributed by atoms with van der Waals surface area (Å²) in [5, 5.41) is 9.90. The molecule has 1 aliphatic rings. The van der Waals surface area contributed by atoms with Crippen molar-refractivity contribution in [3.63, 3.8) is 0 Å². The highest BCUT2D eigenvalue weighted by Gasteiger charge is 2.20. The van der Waals surface area contributed by atoms with E-state index in [0.717, 1.165) is 12.8 Å². The first-order valence-electron chi connectivity index (χ1n) is 7.25. The zero-order chi connectivity index (χ0) is 13.2. The van der Waals surface area contributed by atoms with E-state index in [-0.39, 0.29) is 11.5 Å². The lowest BCUT2D eigenvalue weighted by Gasteiger charge is -2.21. The van der Waals surface area contributed by atoms with Gasteiger partial charge in [-0.2, -0.15) is 0 Å². The molecule has 0 bridgehead atoms. The van der Waals surface area contributed by atoms with Gasteiger partial charge in [0.05, 0.1) is 6.10 Å². The minimum absolute atomic E-state index is 0.0974. The predicted molar refractivity (Wildman–Crippen MR) is 77.0 cm³/mol. The maximum Gasteiger partial charge on any atom is 0.0546 e. The van der Waals surface area contributed by atoms with Gasteiger partial charge in [-0.25, -0.2) is 0 Å². The van der Waals surface area contributed by atoms with Gasteiger partial charge >= 0.3 is 0 Å². The van der Waals surface area contributed by atoms with Crippen molar-refractivity contribution in [2.24, 2.45) is 0 Å². The second-order valence-corrected chi connectivity index (χ2v) is 6.74. The number of aliphatic hydroxyl groups excluding tert-OH is 1. The summed E-state index contributed by atoms with van der Waals surface area (Å²) in [6.07, 6.45) is 5.48. The molecule has 1 N–H and O–H groups in total. The smallest absolute Gasteiger partial charge is 0.0546 e. The molecule has 0 aromatic heterocycles. The summed E-state index contributed by atoms with van der Waals surface area (Å²) >= 11 is 0. The molecule has 1 heteroatoms. The van der Waals surface area contributed by atoms with Gasteiger partial charge in [-0.15, -0.1) is 0 Å². The van der Waals surface area contributed by atoms with Crippen LogP contribution in [0.4, 0.5) is 0 Å². The van der Waals surface area contributed by atoms with E-state index in [4.69, 9.17) is 0 Å². The van der Waals surface area contributed by atoms with Gasteiger partial charge in [0, 0.05) is 0 Å². The van der Waals surface area contributed by atoms with Crippen molar-refractivity contribution < 1.29 is 5.11 Å². The van der Waals surface area contributed by atoms with Gasteiger partial charge in [-0.3, -0.25) is 0 Å². The minimum Gasteiger partial charge on any atom is -0.393 e. The Balaban J connectivity index is 2.13. The molecule has 0 saturated heterocycles. The summed E-state index contributed by atoms with van der Waals surface area (Å²) in [7, 11) is 0. The summed E-state index contributed by atoms with van der Waals surface area (Å²) in [6.45, 7) is 6.74. The molecular weight excluding hydrogens is 220 g/mol. The molecule has 1 saturated carbocycles. The Labute approximate surface area is 111 Å². The van der Waals surface area contributed by atoms with Crippen LogP contribution in [0.3, 0.4) is 0 Å².